The third-order valence-corrected chi connectivity index (χ3v) is 7.68. The Morgan fingerprint density at radius 1 is 1.11 bits per heavy atom. The highest BCUT2D eigenvalue weighted by Gasteiger charge is 2.23. The lowest BCUT2D eigenvalue weighted by molar-refractivity contribution is 0.594. The zero-order valence-electron chi connectivity index (χ0n) is 14.3. The summed E-state index contributed by atoms with van der Waals surface area (Å²) in [7, 11) is -3.71. The maximum Gasteiger partial charge on any atom is 0.207 e. The van der Waals surface area contributed by atoms with E-state index in [4.69, 9.17) is 11.6 Å². The maximum atomic E-state index is 13.2. The van der Waals surface area contributed by atoms with Gasteiger partial charge in [0.1, 0.15) is 5.82 Å². The number of hydrogen-bond donors (Lipinski definition) is 1. The van der Waals surface area contributed by atoms with E-state index in [1.165, 1.54) is 23.5 Å². The standard InChI is InChI=1S/C20H15ClFNO2S2/c1-12-16(17-10-13(21)2-7-18(17)23-12)11-19-20(8-9-26-19)27(24,25)15-5-3-14(22)4-6-15/h2-10,23H,11H2,1H3. The normalized spacial score (nSPS) is 12.0. The molecule has 0 unspecified atom stereocenters. The minimum Gasteiger partial charge on any atom is -0.358 e. The predicted octanol–water partition coefficient (Wildman–Crippen LogP) is 5.75. The van der Waals surface area contributed by atoms with E-state index >= 15 is 0 Å². The Hall–Kier alpha value is -2.15. The number of fused-ring (bicyclic) bond motifs is 1. The van der Waals surface area contributed by atoms with Crippen LogP contribution in [0.25, 0.3) is 10.9 Å². The third kappa shape index (κ3) is 3.29. The van der Waals surface area contributed by atoms with Crippen LogP contribution in [0.15, 0.2) is 63.7 Å². The van der Waals surface area contributed by atoms with Gasteiger partial charge in [-0.05, 0) is 66.4 Å². The summed E-state index contributed by atoms with van der Waals surface area (Å²) < 4.78 is 39.2. The average Bonchev–Trinajstić information content (AvgIpc) is 3.21. The summed E-state index contributed by atoms with van der Waals surface area (Å²) in [6.45, 7) is 1.96. The van der Waals surface area contributed by atoms with Crippen LogP contribution in [-0.4, -0.2) is 13.4 Å². The Balaban J connectivity index is 1.78. The van der Waals surface area contributed by atoms with E-state index in [0.717, 1.165) is 39.2 Å². The van der Waals surface area contributed by atoms with Crippen LogP contribution in [0.2, 0.25) is 5.02 Å². The lowest BCUT2D eigenvalue weighted by atomic mass is 10.1. The second kappa shape index (κ2) is 6.78. The van der Waals surface area contributed by atoms with Gasteiger partial charge in [0.15, 0.2) is 0 Å². The molecule has 0 atom stereocenters. The van der Waals surface area contributed by atoms with Gasteiger partial charge in [-0.15, -0.1) is 11.3 Å². The van der Waals surface area contributed by atoms with Crippen LogP contribution >= 0.6 is 22.9 Å². The molecule has 0 spiro atoms. The van der Waals surface area contributed by atoms with E-state index in [1.54, 1.807) is 11.4 Å². The molecule has 0 saturated carbocycles. The third-order valence-electron chi connectivity index (χ3n) is 4.54. The second-order valence-electron chi connectivity index (χ2n) is 6.26. The fraction of sp³-hybridized carbons (Fsp3) is 0.100. The number of halogens is 2. The summed E-state index contributed by atoms with van der Waals surface area (Å²) in [5.41, 5.74) is 2.96. The molecule has 0 aliphatic carbocycles. The lowest BCUT2D eigenvalue weighted by Gasteiger charge is -2.07. The fourth-order valence-electron chi connectivity index (χ4n) is 3.18. The van der Waals surface area contributed by atoms with Gasteiger partial charge in [-0.25, -0.2) is 12.8 Å². The van der Waals surface area contributed by atoms with Gasteiger partial charge < -0.3 is 4.98 Å². The predicted molar refractivity (Wildman–Crippen MR) is 107 cm³/mol. The van der Waals surface area contributed by atoms with Crippen LogP contribution < -0.4 is 0 Å². The van der Waals surface area contributed by atoms with Gasteiger partial charge in [-0.1, -0.05) is 11.6 Å². The monoisotopic (exact) mass is 419 g/mol. The van der Waals surface area contributed by atoms with Gasteiger partial charge in [0, 0.05) is 32.9 Å². The average molecular weight is 420 g/mol. The van der Waals surface area contributed by atoms with Crippen molar-refractivity contribution in [3.05, 3.63) is 80.9 Å². The number of aromatic nitrogens is 1. The largest absolute Gasteiger partial charge is 0.358 e. The Bertz CT molecular complexity index is 1240. The minimum atomic E-state index is -3.71. The van der Waals surface area contributed by atoms with Crippen LogP contribution in [0, 0.1) is 12.7 Å². The molecular weight excluding hydrogens is 405 g/mol. The van der Waals surface area contributed by atoms with Gasteiger partial charge in [0.2, 0.25) is 9.84 Å². The van der Waals surface area contributed by atoms with Crippen LogP contribution in [0.4, 0.5) is 4.39 Å². The van der Waals surface area contributed by atoms with Crippen molar-refractivity contribution >= 4 is 43.7 Å². The summed E-state index contributed by atoms with van der Waals surface area (Å²) in [5, 5.41) is 3.38. The van der Waals surface area contributed by atoms with Crippen molar-refractivity contribution < 1.29 is 12.8 Å². The first-order chi connectivity index (χ1) is 12.9. The van der Waals surface area contributed by atoms with E-state index in [9.17, 15) is 12.8 Å². The molecule has 138 valence electrons. The number of thiophene rings is 1. The first kappa shape index (κ1) is 18.2. The van der Waals surface area contributed by atoms with Crippen molar-refractivity contribution in [1.29, 1.82) is 0 Å². The molecule has 2 aromatic carbocycles. The zero-order valence-corrected chi connectivity index (χ0v) is 16.7. The van der Waals surface area contributed by atoms with Gasteiger partial charge in [0.25, 0.3) is 0 Å². The first-order valence-electron chi connectivity index (χ1n) is 8.20. The van der Waals surface area contributed by atoms with E-state index in [1.807, 2.05) is 25.1 Å². The molecule has 0 radical (unpaired) electrons. The van der Waals surface area contributed by atoms with Crippen LogP contribution in [0.5, 0.6) is 0 Å². The molecule has 0 saturated heterocycles. The van der Waals surface area contributed by atoms with E-state index in [2.05, 4.69) is 4.98 Å². The van der Waals surface area contributed by atoms with Crippen molar-refractivity contribution in [1.82, 2.24) is 4.98 Å². The second-order valence-corrected chi connectivity index (χ2v) is 9.62. The summed E-state index contributed by atoms with van der Waals surface area (Å²) in [5.74, 6) is -0.467. The molecule has 27 heavy (non-hydrogen) atoms. The topological polar surface area (TPSA) is 49.9 Å². The summed E-state index contributed by atoms with van der Waals surface area (Å²) in [6.07, 6.45) is 0.472. The number of benzene rings is 2. The van der Waals surface area contributed by atoms with Crippen molar-refractivity contribution in [2.24, 2.45) is 0 Å². The van der Waals surface area contributed by atoms with Gasteiger partial charge in [0.05, 0.1) is 9.79 Å². The van der Waals surface area contributed by atoms with E-state index in [0.29, 0.717) is 11.4 Å². The quantitative estimate of drug-likeness (QED) is 0.428. The first-order valence-corrected chi connectivity index (χ1v) is 10.9. The highest BCUT2D eigenvalue weighted by molar-refractivity contribution is 7.91. The Morgan fingerprint density at radius 2 is 1.85 bits per heavy atom. The molecule has 0 aliphatic rings. The molecule has 3 nitrogen and oxygen atoms in total. The molecule has 0 amide bonds. The van der Waals surface area contributed by atoms with Crippen molar-refractivity contribution in [3.8, 4) is 0 Å². The SMILES string of the molecule is Cc1[nH]c2ccc(Cl)cc2c1Cc1sccc1S(=O)(=O)c1ccc(F)cc1. The van der Waals surface area contributed by atoms with Crippen molar-refractivity contribution in [2.45, 2.75) is 23.1 Å². The van der Waals surface area contributed by atoms with Crippen molar-refractivity contribution in [3.63, 3.8) is 0 Å². The van der Waals surface area contributed by atoms with Gasteiger partial charge in [-0.2, -0.15) is 0 Å². The number of hydrogen-bond acceptors (Lipinski definition) is 3. The minimum absolute atomic E-state index is 0.0854. The molecule has 1 N–H and O–H groups in total. The molecular formula is C20H15ClFNO2S2. The van der Waals surface area contributed by atoms with Gasteiger partial charge >= 0.3 is 0 Å². The number of rotatable bonds is 4. The molecule has 0 aliphatic heterocycles. The van der Waals surface area contributed by atoms with Crippen LogP contribution in [-0.2, 0) is 16.3 Å². The fourth-order valence-corrected chi connectivity index (χ4v) is 6.06. The molecule has 2 aromatic heterocycles. The van der Waals surface area contributed by atoms with E-state index in [-0.39, 0.29) is 9.79 Å². The molecule has 0 fully saturated rings. The molecule has 4 rings (SSSR count). The lowest BCUT2D eigenvalue weighted by Crippen LogP contribution is -2.04. The molecule has 7 heteroatoms. The summed E-state index contributed by atoms with van der Waals surface area (Å²) in [4.78, 5) is 4.40. The molecule has 4 aromatic rings. The molecule has 0 bridgehead atoms. The number of aryl methyl sites for hydroxylation is 1. The highest BCUT2D eigenvalue weighted by Crippen LogP contribution is 2.33. The zero-order chi connectivity index (χ0) is 19.2. The Morgan fingerprint density at radius 3 is 2.59 bits per heavy atom. The van der Waals surface area contributed by atoms with Crippen LogP contribution in [0.3, 0.4) is 0 Å². The number of sulfone groups is 1. The Kier molecular flexibility index (Phi) is 4.58. The summed E-state index contributed by atoms with van der Waals surface area (Å²) >= 11 is 7.53. The smallest absolute Gasteiger partial charge is 0.207 e. The van der Waals surface area contributed by atoms with Gasteiger partial charge in [-0.3, -0.25) is 0 Å². The Labute approximate surface area is 165 Å². The van der Waals surface area contributed by atoms with Crippen molar-refractivity contribution in [2.75, 3.05) is 0 Å². The number of aromatic amines is 1. The number of H-pyrrole nitrogens is 1. The highest BCUT2D eigenvalue weighted by atomic mass is 35.5. The maximum absolute atomic E-state index is 13.2. The molecule has 2 heterocycles. The summed E-state index contributed by atoms with van der Waals surface area (Å²) in [6, 6.07) is 12.1. The number of nitrogens with one attached hydrogen (secondary N) is 1. The van der Waals surface area contributed by atoms with E-state index < -0.39 is 15.7 Å². The van der Waals surface area contributed by atoms with Crippen LogP contribution in [0.1, 0.15) is 16.1 Å².